The molecule has 0 fully saturated rings. The third-order valence-electron chi connectivity index (χ3n) is 5.51. The molecule has 13 heteroatoms. The first-order valence-corrected chi connectivity index (χ1v) is 13.2. The smallest absolute Gasteiger partial charge is 0.329 e. The zero-order valence-electron chi connectivity index (χ0n) is 18.8. The van der Waals surface area contributed by atoms with Crippen molar-refractivity contribution in [3.05, 3.63) is 58.4 Å². The number of nitrogens with one attached hydrogen (secondary N) is 1. The Bertz CT molecular complexity index is 1240. The van der Waals surface area contributed by atoms with Crippen LogP contribution in [0.25, 0.3) is 0 Å². The maximum atomic E-state index is 13.2. The average Bonchev–Trinajstić information content (AvgIpc) is 3.10. The van der Waals surface area contributed by atoms with Gasteiger partial charge >= 0.3 is 5.97 Å². The van der Waals surface area contributed by atoms with Gasteiger partial charge in [-0.2, -0.15) is 0 Å². The van der Waals surface area contributed by atoms with E-state index in [0.717, 1.165) is 4.90 Å². The predicted octanol–water partition coefficient (Wildman–Crippen LogP) is 7.36. The molecule has 36 heavy (non-hydrogen) atoms. The predicted molar refractivity (Wildman–Crippen MR) is 144 cm³/mol. The number of ether oxygens (including phenoxy) is 1. The Morgan fingerprint density at radius 2 is 1.53 bits per heavy atom. The van der Waals surface area contributed by atoms with E-state index in [-0.39, 0.29) is 37.6 Å². The highest BCUT2D eigenvalue weighted by Gasteiger charge is 2.47. The molecule has 192 valence electrons. The van der Waals surface area contributed by atoms with Crippen molar-refractivity contribution in [1.29, 1.82) is 0 Å². The van der Waals surface area contributed by atoms with Crippen molar-refractivity contribution in [3.63, 3.8) is 0 Å². The lowest BCUT2D eigenvalue weighted by molar-refractivity contribution is -0.151. The minimum absolute atomic E-state index is 0.0978. The topological polar surface area (TPSA) is 92.8 Å². The summed E-state index contributed by atoms with van der Waals surface area (Å²) in [4.78, 5) is 52.5. The first-order valence-electron chi connectivity index (χ1n) is 10.6. The van der Waals surface area contributed by atoms with E-state index in [9.17, 15) is 19.2 Å². The maximum Gasteiger partial charge on any atom is 0.329 e. The van der Waals surface area contributed by atoms with Gasteiger partial charge in [0.1, 0.15) is 6.04 Å². The van der Waals surface area contributed by atoms with Crippen LogP contribution in [-0.4, -0.2) is 41.2 Å². The summed E-state index contributed by atoms with van der Waals surface area (Å²) in [6, 6.07) is 1.98. The van der Waals surface area contributed by atoms with Gasteiger partial charge in [-0.1, -0.05) is 77.8 Å². The van der Waals surface area contributed by atoms with E-state index in [2.05, 4.69) is 21.2 Å². The zero-order valence-corrected chi connectivity index (χ0v) is 24.2. The molecule has 0 saturated heterocycles. The molecular formula is C23H18BrCl5N2O5. The van der Waals surface area contributed by atoms with Crippen LogP contribution in [0.15, 0.2) is 16.6 Å². The number of anilines is 1. The first kappa shape index (κ1) is 29.0. The molecule has 0 aromatic heterocycles. The standard InChI is InChI=1S/C23H18BrCl5N2O5/c1-3-4-5-12(23(35)36-8-13(32)30-11-7-6-10(24)16(25)9(11)2)31-21(33)14-15(22(31)34)18(27)20(29)19(28)17(14)26/h6-7,12H,3-5,8H2,1-2H3,(H,30,32)/t12-/m0/s1. The number of fused-ring (bicyclic) bond motifs is 1. The number of carbonyl (C=O) groups is 4. The fourth-order valence-corrected chi connectivity index (χ4v) is 5.21. The van der Waals surface area contributed by atoms with Crippen molar-refractivity contribution in [2.75, 3.05) is 11.9 Å². The third-order valence-corrected chi connectivity index (χ3v) is 8.68. The minimum Gasteiger partial charge on any atom is -0.454 e. The van der Waals surface area contributed by atoms with Gasteiger partial charge in [-0.3, -0.25) is 19.3 Å². The fraction of sp³-hybridized carbons (Fsp3) is 0.304. The Labute approximate surface area is 240 Å². The number of carbonyl (C=O) groups excluding carboxylic acids is 4. The van der Waals surface area contributed by atoms with Crippen molar-refractivity contribution in [1.82, 2.24) is 4.90 Å². The van der Waals surface area contributed by atoms with Gasteiger partial charge < -0.3 is 10.1 Å². The van der Waals surface area contributed by atoms with Crippen molar-refractivity contribution < 1.29 is 23.9 Å². The Hall–Kier alpha value is -1.55. The number of hydrogen-bond donors (Lipinski definition) is 1. The molecule has 1 atom stereocenters. The van der Waals surface area contributed by atoms with E-state index in [4.69, 9.17) is 62.7 Å². The summed E-state index contributed by atoms with van der Waals surface area (Å²) in [7, 11) is 0. The molecule has 3 rings (SSSR count). The van der Waals surface area contributed by atoms with Gasteiger partial charge in [-0.25, -0.2) is 4.79 Å². The molecule has 7 nitrogen and oxygen atoms in total. The molecule has 0 unspecified atom stereocenters. The van der Waals surface area contributed by atoms with E-state index in [0.29, 0.717) is 33.6 Å². The number of amides is 3. The van der Waals surface area contributed by atoms with Crippen molar-refractivity contribution in [2.45, 2.75) is 39.2 Å². The molecule has 1 N–H and O–H groups in total. The molecule has 0 radical (unpaired) electrons. The van der Waals surface area contributed by atoms with Gasteiger partial charge in [0.05, 0.1) is 36.2 Å². The van der Waals surface area contributed by atoms with Gasteiger partial charge in [-0.05, 0) is 47.0 Å². The van der Waals surface area contributed by atoms with Crippen LogP contribution in [0.5, 0.6) is 0 Å². The molecule has 0 saturated carbocycles. The normalized spacial score (nSPS) is 13.6. The van der Waals surface area contributed by atoms with E-state index in [1.165, 1.54) is 0 Å². The van der Waals surface area contributed by atoms with E-state index >= 15 is 0 Å². The number of imide groups is 1. The van der Waals surface area contributed by atoms with Crippen molar-refractivity contribution in [2.24, 2.45) is 0 Å². The lowest BCUT2D eigenvalue weighted by Gasteiger charge is -2.24. The molecule has 0 spiro atoms. The molecule has 1 aliphatic heterocycles. The Kier molecular flexibility index (Phi) is 9.57. The molecule has 2 aromatic rings. The first-order chi connectivity index (χ1) is 16.9. The van der Waals surface area contributed by atoms with Crippen LogP contribution in [-0.2, 0) is 14.3 Å². The van der Waals surface area contributed by atoms with Crippen molar-refractivity contribution in [3.8, 4) is 0 Å². The number of hydrogen-bond acceptors (Lipinski definition) is 5. The molecular weight excluding hydrogens is 641 g/mol. The molecule has 1 heterocycles. The average molecular weight is 660 g/mol. The zero-order chi connectivity index (χ0) is 26.9. The maximum absolute atomic E-state index is 13.2. The second kappa shape index (κ2) is 11.9. The second-order valence-electron chi connectivity index (χ2n) is 7.83. The number of halogens is 6. The van der Waals surface area contributed by atoms with Crippen LogP contribution in [0, 0.1) is 6.92 Å². The Balaban J connectivity index is 1.81. The largest absolute Gasteiger partial charge is 0.454 e. The Morgan fingerprint density at radius 3 is 2.06 bits per heavy atom. The molecule has 1 aliphatic rings. The summed E-state index contributed by atoms with van der Waals surface area (Å²) < 4.78 is 5.85. The highest BCUT2D eigenvalue weighted by Crippen LogP contribution is 2.45. The monoisotopic (exact) mass is 656 g/mol. The van der Waals surface area contributed by atoms with E-state index < -0.39 is 36.3 Å². The van der Waals surface area contributed by atoms with Gasteiger partial charge in [0.15, 0.2) is 6.61 Å². The van der Waals surface area contributed by atoms with Gasteiger partial charge in [0.25, 0.3) is 17.7 Å². The van der Waals surface area contributed by atoms with Crippen LogP contribution < -0.4 is 5.32 Å². The lowest BCUT2D eigenvalue weighted by Crippen LogP contribution is -2.46. The molecule has 0 aliphatic carbocycles. The second-order valence-corrected chi connectivity index (χ2v) is 10.6. The number of nitrogens with zero attached hydrogens (tertiary/aromatic N) is 1. The van der Waals surface area contributed by atoms with E-state index in [1.807, 2.05) is 6.92 Å². The molecule has 0 bridgehead atoms. The molecule has 3 amide bonds. The quantitative estimate of drug-likeness (QED) is 0.138. The summed E-state index contributed by atoms with van der Waals surface area (Å²) in [6.45, 7) is 2.93. The third kappa shape index (κ3) is 5.49. The fourth-order valence-electron chi connectivity index (χ4n) is 3.61. The SMILES string of the molecule is CCCC[C@@H](C(=O)OCC(=O)Nc1ccc(Br)c(Cl)c1C)N1C(=O)c2c(Cl)c(Cl)c(Cl)c(Cl)c2C1=O. The number of unbranched alkanes of at least 4 members (excludes halogenated alkanes) is 1. The highest BCUT2D eigenvalue weighted by atomic mass is 79.9. The van der Waals surface area contributed by atoms with Crippen LogP contribution in [0.2, 0.25) is 25.1 Å². The minimum atomic E-state index is -1.32. The summed E-state index contributed by atoms with van der Waals surface area (Å²) in [6.07, 6.45) is 1.25. The van der Waals surface area contributed by atoms with Crippen LogP contribution in [0.4, 0.5) is 5.69 Å². The summed E-state index contributed by atoms with van der Waals surface area (Å²) in [5.41, 5.74) is 0.570. The lowest BCUT2D eigenvalue weighted by atomic mass is 10.1. The summed E-state index contributed by atoms with van der Waals surface area (Å²) in [5.74, 6) is -3.29. The van der Waals surface area contributed by atoms with Gasteiger partial charge in [0.2, 0.25) is 0 Å². The van der Waals surface area contributed by atoms with Crippen LogP contribution in [0.1, 0.15) is 52.5 Å². The van der Waals surface area contributed by atoms with E-state index in [1.54, 1.807) is 19.1 Å². The van der Waals surface area contributed by atoms with Gasteiger partial charge in [-0.15, -0.1) is 0 Å². The van der Waals surface area contributed by atoms with Crippen molar-refractivity contribution >= 4 is 103 Å². The Morgan fingerprint density at radius 1 is 0.972 bits per heavy atom. The molecule has 2 aromatic carbocycles. The summed E-state index contributed by atoms with van der Waals surface area (Å²) in [5, 5.41) is 2.18. The number of esters is 1. The van der Waals surface area contributed by atoms with Crippen LogP contribution >= 0.6 is 73.9 Å². The van der Waals surface area contributed by atoms with Crippen LogP contribution in [0.3, 0.4) is 0 Å². The van der Waals surface area contributed by atoms with Gasteiger partial charge in [0, 0.05) is 10.2 Å². The summed E-state index contributed by atoms with van der Waals surface area (Å²) >= 11 is 34.0. The number of benzene rings is 2. The highest BCUT2D eigenvalue weighted by molar-refractivity contribution is 9.10. The number of rotatable bonds is 8.